The smallest absolute Gasteiger partial charge is 0.195 e. The van der Waals surface area contributed by atoms with Gasteiger partial charge in [-0.15, -0.1) is 0 Å². The molecule has 1 heterocycles. The molecule has 1 aromatic heterocycles. The molecule has 1 saturated carbocycles. The number of hydrogen-bond acceptors (Lipinski definition) is 3. The van der Waals surface area contributed by atoms with Crippen molar-refractivity contribution in [3.05, 3.63) is 11.1 Å². The Balaban J connectivity index is 2.26. The quantitative estimate of drug-likeness (QED) is 0.769. The van der Waals surface area contributed by atoms with Crippen LogP contribution in [-0.2, 0) is 0 Å². The van der Waals surface area contributed by atoms with Crippen LogP contribution in [0.25, 0.3) is 0 Å². The number of nitrogens with one attached hydrogen (secondary N) is 1. The van der Waals surface area contributed by atoms with Gasteiger partial charge in [-0.2, -0.15) is 16.9 Å². The number of aromatic nitrogens is 3. The van der Waals surface area contributed by atoms with Gasteiger partial charge < -0.3 is 4.57 Å². The lowest BCUT2D eigenvalue weighted by atomic mass is 10.2. The third-order valence-corrected chi connectivity index (χ3v) is 4.11. The topological polar surface area (TPSA) is 33.6 Å². The third-order valence-electron chi connectivity index (χ3n) is 2.65. The van der Waals surface area contributed by atoms with Gasteiger partial charge in [-0.1, -0.05) is 6.42 Å². The Morgan fingerprint density at radius 1 is 1.69 bits per heavy atom. The van der Waals surface area contributed by atoms with Crippen LogP contribution < -0.4 is 0 Å². The largest absolute Gasteiger partial charge is 0.303 e. The summed E-state index contributed by atoms with van der Waals surface area (Å²) >= 11 is 7.10. The molecule has 0 spiro atoms. The van der Waals surface area contributed by atoms with Crippen molar-refractivity contribution in [2.75, 3.05) is 6.26 Å². The lowest BCUT2D eigenvalue weighted by Gasteiger charge is -2.17. The molecule has 1 fully saturated rings. The molecule has 1 N–H and O–H groups in total. The van der Waals surface area contributed by atoms with Crippen LogP contribution in [0.4, 0.5) is 0 Å². The maximum Gasteiger partial charge on any atom is 0.195 e. The van der Waals surface area contributed by atoms with Crippen molar-refractivity contribution < 1.29 is 0 Å². The van der Waals surface area contributed by atoms with E-state index in [1.807, 2.05) is 18.1 Å². The van der Waals surface area contributed by atoms with Crippen molar-refractivity contribution in [2.24, 2.45) is 0 Å². The minimum absolute atomic E-state index is 0.557. The van der Waals surface area contributed by atoms with Gasteiger partial charge in [0.05, 0.1) is 0 Å². The molecular weight excluding hydrogens is 202 g/mol. The van der Waals surface area contributed by atoms with Crippen molar-refractivity contribution in [1.82, 2.24) is 14.8 Å². The van der Waals surface area contributed by atoms with E-state index >= 15 is 0 Å². The molecule has 0 amide bonds. The monoisotopic (exact) mass is 215 g/mol. The Bertz CT molecular complexity index is 330. The Hall–Kier alpha value is -0.290. The first-order valence-corrected chi connectivity index (χ1v) is 6.17. The molecule has 1 aromatic rings. The van der Waals surface area contributed by atoms with E-state index in [2.05, 4.69) is 21.0 Å². The SMILES string of the molecule is CSC1CCCC1n1cn[nH]c1=S. The van der Waals surface area contributed by atoms with Crippen LogP contribution >= 0.6 is 24.0 Å². The van der Waals surface area contributed by atoms with E-state index in [0.717, 1.165) is 4.77 Å². The lowest BCUT2D eigenvalue weighted by molar-refractivity contribution is 0.521. The zero-order valence-electron chi connectivity index (χ0n) is 7.56. The Morgan fingerprint density at radius 2 is 2.54 bits per heavy atom. The molecule has 2 unspecified atom stereocenters. The van der Waals surface area contributed by atoms with Crippen LogP contribution in [0.3, 0.4) is 0 Å². The Kier molecular flexibility index (Phi) is 2.74. The van der Waals surface area contributed by atoms with Crippen LogP contribution in [0.2, 0.25) is 0 Å². The predicted molar refractivity (Wildman–Crippen MR) is 57.6 cm³/mol. The number of rotatable bonds is 2. The highest BCUT2D eigenvalue weighted by atomic mass is 32.2. The van der Waals surface area contributed by atoms with Gasteiger partial charge in [-0.25, -0.2) is 0 Å². The van der Waals surface area contributed by atoms with Crippen LogP contribution in [0, 0.1) is 4.77 Å². The molecule has 0 aliphatic heterocycles. The first kappa shape index (κ1) is 9.27. The molecule has 2 rings (SSSR count). The molecule has 0 saturated heterocycles. The van der Waals surface area contributed by atoms with Crippen LogP contribution in [0.5, 0.6) is 0 Å². The van der Waals surface area contributed by atoms with E-state index in [0.29, 0.717) is 11.3 Å². The van der Waals surface area contributed by atoms with Gasteiger partial charge >= 0.3 is 0 Å². The average molecular weight is 215 g/mol. The van der Waals surface area contributed by atoms with E-state index in [1.54, 1.807) is 0 Å². The molecule has 0 radical (unpaired) electrons. The van der Waals surface area contributed by atoms with E-state index in [9.17, 15) is 0 Å². The predicted octanol–water partition coefficient (Wildman–Crippen LogP) is 2.40. The molecule has 13 heavy (non-hydrogen) atoms. The fraction of sp³-hybridized carbons (Fsp3) is 0.750. The van der Waals surface area contributed by atoms with Gasteiger partial charge in [-0.3, -0.25) is 5.10 Å². The Morgan fingerprint density at radius 3 is 3.15 bits per heavy atom. The summed E-state index contributed by atoms with van der Waals surface area (Å²) in [5.41, 5.74) is 0. The van der Waals surface area contributed by atoms with E-state index in [1.165, 1.54) is 19.3 Å². The first-order chi connectivity index (χ1) is 6.33. The van der Waals surface area contributed by atoms with E-state index in [4.69, 9.17) is 12.2 Å². The van der Waals surface area contributed by atoms with Crippen molar-refractivity contribution in [3.63, 3.8) is 0 Å². The van der Waals surface area contributed by atoms with Crippen LogP contribution in [-0.4, -0.2) is 26.3 Å². The highest BCUT2D eigenvalue weighted by Gasteiger charge is 2.28. The molecule has 0 aromatic carbocycles. The molecule has 5 heteroatoms. The fourth-order valence-electron chi connectivity index (χ4n) is 1.99. The highest BCUT2D eigenvalue weighted by molar-refractivity contribution is 7.99. The zero-order valence-corrected chi connectivity index (χ0v) is 9.20. The normalized spacial score (nSPS) is 28.1. The first-order valence-electron chi connectivity index (χ1n) is 4.47. The number of hydrogen-bond donors (Lipinski definition) is 1. The van der Waals surface area contributed by atoms with Gasteiger partial charge in [0.15, 0.2) is 4.77 Å². The molecule has 1 aliphatic rings. The summed E-state index contributed by atoms with van der Waals surface area (Å²) in [6.07, 6.45) is 7.84. The molecular formula is C8H13N3S2. The second-order valence-corrected chi connectivity index (χ2v) is 4.80. The average Bonchev–Trinajstić information content (AvgIpc) is 2.71. The molecule has 2 atom stereocenters. The van der Waals surface area contributed by atoms with Gasteiger partial charge in [0, 0.05) is 11.3 Å². The number of aromatic amines is 1. The second kappa shape index (κ2) is 3.84. The van der Waals surface area contributed by atoms with Gasteiger partial charge in [-0.05, 0) is 31.3 Å². The summed E-state index contributed by atoms with van der Waals surface area (Å²) < 4.78 is 2.86. The molecule has 1 aliphatic carbocycles. The number of nitrogens with zero attached hydrogens (tertiary/aromatic N) is 2. The van der Waals surface area contributed by atoms with Gasteiger partial charge in [0.2, 0.25) is 0 Å². The summed E-state index contributed by atoms with van der Waals surface area (Å²) in [5.74, 6) is 0. The summed E-state index contributed by atoms with van der Waals surface area (Å²) in [4.78, 5) is 0. The van der Waals surface area contributed by atoms with Gasteiger partial charge in [0.1, 0.15) is 6.33 Å². The number of H-pyrrole nitrogens is 1. The number of thioether (sulfide) groups is 1. The summed E-state index contributed by atoms with van der Waals surface area (Å²) in [7, 11) is 0. The van der Waals surface area contributed by atoms with Crippen LogP contribution in [0.1, 0.15) is 25.3 Å². The maximum atomic E-state index is 5.16. The molecule has 3 nitrogen and oxygen atoms in total. The van der Waals surface area contributed by atoms with E-state index < -0.39 is 0 Å². The van der Waals surface area contributed by atoms with E-state index in [-0.39, 0.29) is 0 Å². The zero-order chi connectivity index (χ0) is 9.26. The van der Waals surface area contributed by atoms with Gasteiger partial charge in [0.25, 0.3) is 0 Å². The fourth-order valence-corrected chi connectivity index (χ4v) is 3.21. The second-order valence-electron chi connectivity index (χ2n) is 3.34. The summed E-state index contributed by atoms with van der Waals surface area (Å²) in [6.45, 7) is 0. The summed E-state index contributed by atoms with van der Waals surface area (Å²) in [6, 6.07) is 0.557. The summed E-state index contributed by atoms with van der Waals surface area (Å²) in [5, 5.41) is 7.48. The van der Waals surface area contributed by atoms with Crippen molar-refractivity contribution >= 4 is 24.0 Å². The minimum atomic E-state index is 0.557. The molecule has 0 bridgehead atoms. The van der Waals surface area contributed by atoms with Crippen molar-refractivity contribution in [1.29, 1.82) is 0 Å². The highest BCUT2D eigenvalue weighted by Crippen LogP contribution is 2.37. The maximum absolute atomic E-state index is 5.16. The van der Waals surface area contributed by atoms with Crippen LogP contribution in [0.15, 0.2) is 6.33 Å². The third kappa shape index (κ3) is 1.67. The molecule has 72 valence electrons. The minimum Gasteiger partial charge on any atom is -0.303 e. The van der Waals surface area contributed by atoms with Crippen molar-refractivity contribution in [3.8, 4) is 0 Å². The standard InChI is InChI=1S/C8H13N3S2/c1-13-7-4-2-3-6(7)11-5-9-10-8(11)12/h5-7H,2-4H2,1H3,(H,10,12). The Labute approximate surface area is 86.9 Å². The lowest BCUT2D eigenvalue weighted by Crippen LogP contribution is -2.14. The van der Waals surface area contributed by atoms with Crippen molar-refractivity contribution in [2.45, 2.75) is 30.6 Å².